The molecule has 2 aromatic carbocycles. The molecule has 40 heavy (non-hydrogen) atoms. The summed E-state index contributed by atoms with van der Waals surface area (Å²) in [6.07, 6.45) is 5.19. The minimum Gasteiger partial charge on any atom is -0.437 e. The van der Waals surface area contributed by atoms with E-state index in [1.165, 1.54) is 12.1 Å². The second-order valence-corrected chi connectivity index (χ2v) is 11.0. The van der Waals surface area contributed by atoms with E-state index < -0.39 is 21.6 Å². The third-order valence-corrected chi connectivity index (χ3v) is 7.45. The molecule has 13 heteroatoms. The average Bonchev–Trinajstić information content (AvgIpc) is 2.94. The van der Waals surface area contributed by atoms with Gasteiger partial charge in [-0.25, -0.2) is 27.8 Å². The van der Waals surface area contributed by atoms with Crippen molar-refractivity contribution in [2.75, 3.05) is 23.1 Å². The first-order valence-electron chi connectivity index (χ1n) is 12.5. The summed E-state index contributed by atoms with van der Waals surface area (Å²) in [5.41, 5.74) is 0.833. The topological polar surface area (TPSA) is 130 Å². The van der Waals surface area contributed by atoms with Gasteiger partial charge in [0.2, 0.25) is 21.9 Å². The van der Waals surface area contributed by atoms with Gasteiger partial charge >= 0.3 is 0 Å². The highest BCUT2D eigenvalue weighted by Gasteiger charge is 2.19. The number of hydrogen-bond acceptors (Lipinski definition) is 9. The summed E-state index contributed by atoms with van der Waals surface area (Å²) in [6.45, 7) is 7.08. The van der Waals surface area contributed by atoms with Crippen LogP contribution < -0.4 is 20.1 Å². The highest BCUT2D eigenvalue weighted by Crippen LogP contribution is 2.28. The fourth-order valence-electron chi connectivity index (χ4n) is 4.01. The summed E-state index contributed by atoms with van der Waals surface area (Å²) >= 11 is 6.07. The lowest BCUT2D eigenvalue weighted by Gasteiger charge is -2.23. The number of piperidine rings is 1. The van der Waals surface area contributed by atoms with Crippen molar-refractivity contribution in [2.24, 2.45) is 9.98 Å². The van der Waals surface area contributed by atoms with E-state index in [0.717, 1.165) is 32.0 Å². The summed E-state index contributed by atoms with van der Waals surface area (Å²) in [5, 5.41) is 6.95. The van der Waals surface area contributed by atoms with Gasteiger partial charge in [0.05, 0.1) is 17.1 Å². The maximum atomic E-state index is 14.9. The fraction of sp³-hybridized carbons (Fsp3) is 0.259. The predicted molar refractivity (Wildman–Crippen MR) is 157 cm³/mol. The Hall–Kier alpha value is -3.87. The van der Waals surface area contributed by atoms with Crippen LogP contribution in [0.2, 0.25) is 5.02 Å². The molecule has 1 saturated heterocycles. The largest absolute Gasteiger partial charge is 0.437 e. The Kier molecular flexibility index (Phi) is 9.80. The third-order valence-electron chi connectivity index (χ3n) is 5.86. The van der Waals surface area contributed by atoms with Gasteiger partial charge in [0, 0.05) is 36.1 Å². The van der Waals surface area contributed by atoms with E-state index >= 15 is 0 Å². The lowest BCUT2D eigenvalue weighted by Crippen LogP contribution is -2.38. The van der Waals surface area contributed by atoms with Crippen LogP contribution in [0.4, 0.5) is 16.0 Å². The summed E-state index contributed by atoms with van der Waals surface area (Å²) in [7, 11) is -3.94. The molecular weight excluding hydrogens is 557 g/mol. The number of nitrogens with zero attached hydrogens (tertiary/aromatic N) is 4. The van der Waals surface area contributed by atoms with Crippen molar-refractivity contribution in [2.45, 2.75) is 31.6 Å². The lowest BCUT2D eigenvalue weighted by atomic mass is 10.1. The van der Waals surface area contributed by atoms with Crippen LogP contribution in [0.5, 0.6) is 5.75 Å². The molecule has 0 spiro atoms. The molecule has 1 aliphatic rings. The number of aliphatic imine (C=N–C) groups is 2. The van der Waals surface area contributed by atoms with Crippen molar-refractivity contribution in [3.63, 3.8) is 0 Å². The van der Waals surface area contributed by atoms with Gasteiger partial charge in [0.15, 0.2) is 11.5 Å². The SMILES string of the molecule is C=N/C(Oc1ccc(NS(=O)(=O)Cc2ccccc2Cl)c(F)c1)=C(\N=CC)c1ccnc(N[C@H]2CCCNC2)n1. The van der Waals surface area contributed by atoms with Crippen LogP contribution >= 0.6 is 11.6 Å². The Labute approximate surface area is 237 Å². The van der Waals surface area contributed by atoms with Gasteiger partial charge in [-0.2, -0.15) is 0 Å². The third kappa shape index (κ3) is 7.84. The van der Waals surface area contributed by atoms with Gasteiger partial charge in [-0.1, -0.05) is 29.8 Å². The minimum atomic E-state index is -3.94. The van der Waals surface area contributed by atoms with E-state index in [4.69, 9.17) is 16.3 Å². The molecule has 1 atom stereocenters. The lowest BCUT2D eigenvalue weighted by molar-refractivity contribution is 0.420. The summed E-state index contributed by atoms with van der Waals surface area (Å²) in [4.78, 5) is 17.2. The van der Waals surface area contributed by atoms with Crippen LogP contribution in [0, 0.1) is 5.82 Å². The number of aromatic nitrogens is 2. The average molecular weight is 586 g/mol. The first kappa shape index (κ1) is 29.1. The van der Waals surface area contributed by atoms with E-state index in [2.05, 4.69) is 42.0 Å². The van der Waals surface area contributed by atoms with Crippen LogP contribution in [0.15, 0.2) is 70.6 Å². The predicted octanol–water partition coefficient (Wildman–Crippen LogP) is 4.87. The monoisotopic (exact) mass is 585 g/mol. The smallest absolute Gasteiger partial charge is 0.247 e. The molecule has 1 aromatic heterocycles. The fourth-order valence-corrected chi connectivity index (χ4v) is 5.53. The minimum absolute atomic E-state index is 0.0199. The summed E-state index contributed by atoms with van der Waals surface area (Å²) in [5.74, 6) is -0.799. The van der Waals surface area contributed by atoms with Crippen LogP contribution in [0.3, 0.4) is 0 Å². The summed E-state index contributed by atoms with van der Waals surface area (Å²) < 4.78 is 48.2. The first-order chi connectivity index (χ1) is 19.3. The van der Waals surface area contributed by atoms with Gasteiger partial charge in [-0.05, 0) is 62.9 Å². The Bertz CT molecular complexity index is 1530. The second-order valence-electron chi connectivity index (χ2n) is 8.85. The molecule has 4 rings (SSSR count). The zero-order chi connectivity index (χ0) is 28.5. The van der Waals surface area contributed by atoms with Crippen LogP contribution in [-0.2, 0) is 15.8 Å². The van der Waals surface area contributed by atoms with Crippen molar-refractivity contribution < 1.29 is 17.5 Å². The van der Waals surface area contributed by atoms with Crippen molar-refractivity contribution in [1.29, 1.82) is 0 Å². The van der Waals surface area contributed by atoms with Crippen molar-refractivity contribution in [3.8, 4) is 5.75 Å². The van der Waals surface area contributed by atoms with E-state index in [0.29, 0.717) is 22.2 Å². The summed E-state index contributed by atoms with van der Waals surface area (Å²) in [6, 6.07) is 12.1. The maximum Gasteiger partial charge on any atom is 0.247 e. The highest BCUT2D eigenvalue weighted by molar-refractivity contribution is 7.91. The zero-order valence-corrected chi connectivity index (χ0v) is 23.3. The van der Waals surface area contributed by atoms with Gasteiger partial charge in [-0.3, -0.25) is 9.71 Å². The highest BCUT2D eigenvalue weighted by atomic mass is 35.5. The Morgan fingerprint density at radius 3 is 2.83 bits per heavy atom. The van der Waals surface area contributed by atoms with Gasteiger partial charge < -0.3 is 15.4 Å². The molecule has 0 bridgehead atoms. The normalized spacial score (nSPS) is 16.3. The number of sulfonamides is 1. The molecule has 0 unspecified atom stereocenters. The quantitative estimate of drug-likeness (QED) is 0.216. The van der Waals surface area contributed by atoms with Gasteiger partial charge in [0.1, 0.15) is 5.75 Å². The molecule has 0 amide bonds. The number of anilines is 2. The standard InChI is InChI=1S/C27H29ClFN7O3S/c1-3-32-25(24-12-14-33-27(35-24)34-19-8-6-13-31-16-19)26(30-2)39-20-10-11-23(22(29)15-20)36-40(37,38)17-18-7-4-5-9-21(18)28/h3-5,7,9-12,14-15,19,31,36H,2,6,8,13,16-17H2,1H3,(H,33,34,35)/b26-25+,32-3?/t19-/m0/s1. The molecule has 0 aliphatic carbocycles. The molecule has 1 aliphatic heterocycles. The number of halogens is 2. The van der Waals surface area contributed by atoms with Gasteiger partial charge in [-0.15, -0.1) is 0 Å². The molecule has 1 fully saturated rings. The van der Waals surface area contributed by atoms with Crippen LogP contribution in [0.1, 0.15) is 31.0 Å². The molecule has 3 aromatic rings. The van der Waals surface area contributed by atoms with Crippen molar-refractivity contribution in [1.82, 2.24) is 15.3 Å². The molecule has 0 radical (unpaired) electrons. The zero-order valence-electron chi connectivity index (χ0n) is 21.8. The molecule has 3 N–H and O–H groups in total. The number of nitrogens with one attached hydrogen (secondary N) is 3. The second kappa shape index (κ2) is 13.5. The molecule has 210 valence electrons. The van der Waals surface area contributed by atoms with Crippen LogP contribution in [0.25, 0.3) is 5.70 Å². The van der Waals surface area contributed by atoms with E-state index in [9.17, 15) is 12.8 Å². The van der Waals surface area contributed by atoms with Crippen molar-refractivity contribution in [3.05, 3.63) is 82.7 Å². The Morgan fingerprint density at radius 2 is 2.12 bits per heavy atom. The Balaban J connectivity index is 1.54. The van der Waals surface area contributed by atoms with Crippen molar-refractivity contribution >= 4 is 51.9 Å². The number of rotatable bonds is 11. The number of hydrogen-bond donors (Lipinski definition) is 3. The molecule has 2 heterocycles. The van der Waals surface area contributed by atoms with Gasteiger partial charge in [0.25, 0.3) is 0 Å². The van der Waals surface area contributed by atoms with E-state index in [-0.39, 0.29) is 29.1 Å². The first-order valence-corrected chi connectivity index (χ1v) is 14.5. The number of benzene rings is 2. The maximum absolute atomic E-state index is 14.9. The van der Waals surface area contributed by atoms with E-state index in [1.807, 2.05) is 0 Å². The van der Waals surface area contributed by atoms with Crippen LogP contribution in [-0.4, -0.2) is 50.4 Å². The molecule has 10 nitrogen and oxygen atoms in total. The van der Waals surface area contributed by atoms with E-state index in [1.54, 1.807) is 49.7 Å². The molecular formula is C27H29ClFN7O3S. The number of ether oxygens (including phenoxy) is 1. The molecule has 0 saturated carbocycles. The Morgan fingerprint density at radius 1 is 1.30 bits per heavy atom.